The highest BCUT2D eigenvalue weighted by molar-refractivity contribution is 5.94. The average Bonchev–Trinajstić information content (AvgIpc) is 2.99. The first-order valence-electron chi connectivity index (χ1n) is 7.87. The molecule has 1 aromatic rings. The minimum atomic E-state index is -0.533. The molecular weight excluding hydrogens is 296 g/mol. The monoisotopic (exact) mass is 320 g/mol. The van der Waals surface area contributed by atoms with Crippen LogP contribution in [0, 0.1) is 5.92 Å². The Morgan fingerprint density at radius 1 is 1.30 bits per heavy atom. The summed E-state index contributed by atoms with van der Waals surface area (Å²) in [5.41, 5.74) is 5.62. The van der Waals surface area contributed by atoms with Crippen LogP contribution in [0.1, 0.15) is 30.6 Å². The van der Waals surface area contributed by atoms with Gasteiger partial charge in [-0.05, 0) is 36.6 Å². The smallest absolute Gasteiger partial charge is 0.255 e. The van der Waals surface area contributed by atoms with Gasteiger partial charge >= 0.3 is 0 Å². The van der Waals surface area contributed by atoms with Crippen molar-refractivity contribution in [3.05, 3.63) is 29.8 Å². The molecule has 1 fully saturated rings. The lowest BCUT2D eigenvalue weighted by Gasteiger charge is -2.17. The quantitative estimate of drug-likeness (QED) is 0.824. The standard InChI is InChI=1S/C17H24N2O4/c1-12(2)10-22-15-7-8-19(9-15)17(21)13-3-5-14(6-4-13)23-11-16(18)20/h3-6,12,15H,7-11H2,1-2H3,(H2,18,20). The van der Waals surface area contributed by atoms with E-state index < -0.39 is 5.91 Å². The van der Waals surface area contributed by atoms with E-state index in [2.05, 4.69) is 13.8 Å². The molecule has 0 bridgehead atoms. The second-order valence-electron chi connectivity index (χ2n) is 6.17. The highest BCUT2D eigenvalue weighted by Crippen LogP contribution is 2.19. The molecule has 6 heteroatoms. The number of primary amides is 1. The van der Waals surface area contributed by atoms with Crippen LogP contribution in [-0.4, -0.2) is 49.1 Å². The molecular formula is C17H24N2O4. The third kappa shape index (κ3) is 5.25. The zero-order valence-corrected chi connectivity index (χ0v) is 13.7. The van der Waals surface area contributed by atoms with Crippen molar-refractivity contribution >= 4 is 11.8 Å². The summed E-state index contributed by atoms with van der Waals surface area (Å²) in [5.74, 6) is 0.462. The Morgan fingerprint density at radius 2 is 2.00 bits per heavy atom. The minimum Gasteiger partial charge on any atom is -0.484 e. The van der Waals surface area contributed by atoms with Gasteiger partial charge in [0.05, 0.1) is 6.10 Å². The van der Waals surface area contributed by atoms with Crippen LogP contribution in [0.2, 0.25) is 0 Å². The van der Waals surface area contributed by atoms with Gasteiger partial charge in [0.1, 0.15) is 5.75 Å². The summed E-state index contributed by atoms with van der Waals surface area (Å²) < 4.78 is 11.0. The van der Waals surface area contributed by atoms with Gasteiger partial charge in [-0.2, -0.15) is 0 Å². The van der Waals surface area contributed by atoms with Crippen LogP contribution in [0.4, 0.5) is 0 Å². The number of carbonyl (C=O) groups is 2. The number of nitrogens with two attached hydrogens (primary N) is 1. The molecule has 1 aliphatic rings. The molecule has 2 amide bonds. The number of ether oxygens (including phenoxy) is 2. The molecule has 6 nitrogen and oxygen atoms in total. The molecule has 1 aliphatic heterocycles. The van der Waals surface area contributed by atoms with E-state index in [4.69, 9.17) is 15.2 Å². The lowest BCUT2D eigenvalue weighted by Crippen LogP contribution is -2.30. The Bertz CT molecular complexity index is 542. The molecule has 23 heavy (non-hydrogen) atoms. The van der Waals surface area contributed by atoms with Gasteiger partial charge in [-0.1, -0.05) is 13.8 Å². The first kappa shape index (κ1) is 17.3. The van der Waals surface area contributed by atoms with Crippen molar-refractivity contribution in [2.75, 3.05) is 26.3 Å². The van der Waals surface area contributed by atoms with E-state index in [1.54, 1.807) is 24.3 Å². The number of likely N-dealkylation sites (tertiary alicyclic amines) is 1. The van der Waals surface area contributed by atoms with Crippen molar-refractivity contribution in [2.24, 2.45) is 11.7 Å². The Kier molecular flexibility index (Phi) is 5.98. The van der Waals surface area contributed by atoms with Gasteiger partial charge in [-0.3, -0.25) is 9.59 Å². The number of hydrogen-bond acceptors (Lipinski definition) is 4. The number of nitrogens with zero attached hydrogens (tertiary/aromatic N) is 1. The van der Waals surface area contributed by atoms with E-state index in [1.165, 1.54) is 0 Å². The fraction of sp³-hybridized carbons (Fsp3) is 0.529. The summed E-state index contributed by atoms with van der Waals surface area (Å²) in [6.45, 7) is 6.11. The molecule has 0 saturated carbocycles. The molecule has 1 atom stereocenters. The van der Waals surface area contributed by atoms with Crippen LogP contribution >= 0.6 is 0 Å². The highest BCUT2D eigenvalue weighted by atomic mass is 16.5. The zero-order chi connectivity index (χ0) is 16.8. The largest absolute Gasteiger partial charge is 0.484 e. The van der Waals surface area contributed by atoms with Crippen LogP contribution in [0.15, 0.2) is 24.3 Å². The van der Waals surface area contributed by atoms with Crippen molar-refractivity contribution in [1.29, 1.82) is 0 Å². The Labute approximate surface area is 136 Å². The predicted molar refractivity (Wildman–Crippen MR) is 86.2 cm³/mol. The van der Waals surface area contributed by atoms with E-state index in [1.807, 2.05) is 4.90 Å². The molecule has 1 saturated heterocycles. The van der Waals surface area contributed by atoms with Gasteiger partial charge in [0.25, 0.3) is 11.8 Å². The summed E-state index contributed by atoms with van der Waals surface area (Å²) in [7, 11) is 0. The van der Waals surface area contributed by atoms with Crippen LogP contribution in [0.3, 0.4) is 0 Å². The fourth-order valence-electron chi connectivity index (χ4n) is 2.41. The topological polar surface area (TPSA) is 81.9 Å². The lowest BCUT2D eigenvalue weighted by molar-refractivity contribution is -0.119. The second-order valence-corrected chi connectivity index (χ2v) is 6.17. The van der Waals surface area contributed by atoms with Crippen molar-refractivity contribution < 1.29 is 19.1 Å². The minimum absolute atomic E-state index is 0.0119. The summed E-state index contributed by atoms with van der Waals surface area (Å²) in [6, 6.07) is 6.72. The molecule has 1 unspecified atom stereocenters. The summed E-state index contributed by atoms with van der Waals surface area (Å²) >= 11 is 0. The molecule has 0 spiro atoms. The maximum absolute atomic E-state index is 12.5. The van der Waals surface area contributed by atoms with E-state index in [-0.39, 0.29) is 18.6 Å². The summed E-state index contributed by atoms with van der Waals surface area (Å²) in [6.07, 6.45) is 0.998. The van der Waals surface area contributed by atoms with Gasteiger partial charge in [-0.25, -0.2) is 0 Å². The highest BCUT2D eigenvalue weighted by Gasteiger charge is 2.27. The second kappa shape index (κ2) is 7.97. The maximum Gasteiger partial charge on any atom is 0.255 e. The molecule has 1 aromatic carbocycles. The van der Waals surface area contributed by atoms with E-state index >= 15 is 0 Å². The predicted octanol–water partition coefficient (Wildman–Crippen LogP) is 1.44. The Morgan fingerprint density at radius 3 is 2.61 bits per heavy atom. The number of amides is 2. The van der Waals surface area contributed by atoms with Gasteiger partial charge in [-0.15, -0.1) is 0 Å². The number of rotatable bonds is 7. The van der Waals surface area contributed by atoms with Crippen LogP contribution < -0.4 is 10.5 Å². The molecule has 1 heterocycles. The van der Waals surface area contributed by atoms with Crippen molar-refractivity contribution in [3.8, 4) is 5.75 Å². The molecule has 2 N–H and O–H groups in total. The number of hydrogen-bond donors (Lipinski definition) is 1. The third-order valence-corrected chi connectivity index (χ3v) is 3.58. The third-order valence-electron chi connectivity index (χ3n) is 3.58. The first-order chi connectivity index (χ1) is 11.0. The fourth-order valence-corrected chi connectivity index (χ4v) is 2.41. The van der Waals surface area contributed by atoms with Crippen molar-refractivity contribution in [1.82, 2.24) is 4.90 Å². The number of carbonyl (C=O) groups excluding carboxylic acids is 2. The average molecular weight is 320 g/mol. The van der Waals surface area contributed by atoms with Gasteiger partial charge < -0.3 is 20.1 Å². The van der Waals surface area contributed by atoms with Crippen LogP contribution in [-0.2, 0) is 9.53 Å². The normalized spacial score (nSPS) is 17.5. The molecule has 0 radical (unpaired) electrons. The van der Waals surface area contributed by atoms with Gasteiger partial charge in [0.2, 0.25) is 0 Å². The number of benzene rings is 1. The SMILES string of the molecule is CC(C)COC1CCN(C(=O)c2ccc(OCC(N)=O)cc2)C1. The van der Waals surface area contributed by atoms with Gasteiger partial charge in [0, 0.05) is 25.3 Å². The van der Waals surface area contributed by atoms with Crippen LogP contribution in [0.5, 0.6) is 5.75 Å². The van der Waals surface area contributed by atoms with Crippen LogP contribution in [0.25, 0.3) is 0 Å². The van der Waals surface area contributed by atoms with E-state index in [0.717, 1.165) is 13.0 Å². The van der Waals surface area contributed by atoms with Crippen molar-refractivity contribution in [3.63, 3.8) is 0 Å². The lowest BCUT2D eigenvalue weighted by atomic mass is 10.2. The Hall–Kier alpha value is -2.08. The first-order valence-corrected chi connectivity index (χ1v) is 7.87. The summed E-state index contributed by atoms with van der Waals surface area (Å²) in [5, 5.41) is 0. The van der Waals surface area contributed by atoms with Gasteiger partial charge in [0.15, 0.2) is 6.61 Å². The molecule has 126 valence electrons. The maximum atomic E-state index is 12.5. The Balaban J connectivity index is 1.87. The summed E-state index contributed by atoms with van der Waals surface area (Å²) in [4.78, 5) is 24.9. The van der Waals surface area contributed by atoms with E-state index in [0.29, 0.717) is 30.3 Å². The molecule has 2 rings (SSSR count). The van der Waals surface area contributed by atoms with E-state index in [9.17, 15) is 9.59 Å². The molecule has 0 aliphatic carbocycles. The van der Waals surface area contributed by atoms with Crippen molar-refractivity contribution in [2.45, 2.75) is 26.4 Å². The molecule has 0 aromatic heterocycles. The zero-order valence-electron chi connectivity index (χ0n) is 13.7.